The first-order valence-electron chi connectivity index (χ1n) is 6.83. The van der Waals surface area contributed by atoms with E-state index in [4.69, 9.17) is 0 Å². The van der Waals surface area contributed by atoms with E-state index in [1.165, 1.54) is 0 Å². The smallest absolute Gasteiger partial charge is 0.230 e. The summed E-state index contributed by atoms with van der Waals surface area (Å²) >= 11 is 0. The van der Waals surface area contributed by atoms with Crippen LogP contribution >= 0.6 is 0 Å². The summed E-state index contributed by atoms with van der Waals surface area (Å²) in [7, 11) is -3.28. The van der Waals surface area contributed by atoms with Gasteiger partial charge in [-0.25, -0.2) is 8.42 Å². The summed E-state index contributed by atoms with van der Waals surface area (Å²) in [5.41, 5.74) is 1.08. The second kappa shape index (κ2) is 4.88. The standard InChI is InChI=1S/C15H21NO3S/c1-10(2)20(18,19)13-6-5-12(9-11(13)3)16-14(17)15(4)7-8-15/h5-6,9-10H,7-8H2,1-4H3,(H,16,17). The van der Waals surface area contributed by atoms with Crippen LogP contribution in [0.15, 0.2) is 23.1 Å². The van der Waals surface area contributed by atoms with Gasteiger partial charge in [0.15, 0.2) is 9.84 Å². The van der Waals surface area contributed by atoms with Crippen LogP contribution in [0.3, 0.4) is 0 Å². The summed E-state index contributed by atoms with van der Waals surface area (Å²) in [5, 5.41) is 2.41. The maximum absolute atomic E-state index is 12.2. The molecule has 0 saturated heterocycles. The van der Waals surface area contributed by atoms with Gasteiger partial charge in [-0.05, 0) is 57.4 Å². The Morgan fingerprint density at radius 1 is 1.30 bits per heavy atom. The lowest BCUT2D eigenvalue weighted by molar-refractivity contribution is -0.120. The Morgan fingerprint density at radius 2 is 1.90 bits per heavy atom. The maximum Gasteiger partial charge on any atom is 0.230 e. The van der Waals surface area contributed by atoms with Gasteiger partial charge >= 0.3 is 0 Å². The number of carbonyl (C=O) groups is 1. The number of sulfone groups is 1. The molecule has 1 N–H and O–H groups in total. The number of amides is 1. The number of hydrogen-bond acceptors (Lipinski definition) is 3. The van der Waals surface area contributed by atoms with Crippen molar-refractivity contribution in [2.75, 3.05) is 5.32 Å². The van der Waals surface area contributed by atoms with E-state index >= 15 is 0 Å². The number of carbonyl (C=O) groups excluding carboxylic acids is 1. The van der Waals surface area contributed by atoms with Gasteiger partial charge in [-0.3, -0.25) is 4.79 Å². The van der Waals surface area contributed by atoms with E-state index in [1.807, 2.05) is 6.92 Å². The van der Waals surface area contributed by atoms with Crippen molar-refractivity contribution in [1.82, 2.24) is 0 Å². The second-order valence-electron chi connectivity index (χ2n) is 6.09. The molecule has 1 aromatic carbocycles. The largest absolute Gasteiger partial charge is 0.326 e. The Kier molecular flexibility index (Phi) is 3.67. The Morgan fingerprint density at radius 3 is 2.35 bits per heavy atom. The molecule has 1 saturated carbocycles. The topological polar surface area (TPSA) is 63.2 Å². The van der Waals surface area contributed by atoms with Gasteiger partial charge in [-0.2, -0.15) is 0 Å². The molecule has 1 fully saturated rings. The van der Waals surface area contributed by atoms with Gasteiger partial charge in [0.25, 0.3) is 0 Å². The highest BCUT2D eigenvalue weighted by atomic mass is 32.2. The minimum Gasteiger partial charge on any atom is -0.326 e. The summed E-state index contributed by atoms with van der Waals surface area (Å²) in [6, 6.07) is 4.96. The molecule has 0 aliphatic heterocycles. The predicted molar refractivity (Wildman–Crippen MR) is 79.5 cm³/mol. The lowest BCUT2D eigenvalue weighted by Crippen LogP contribution is -2.21. The minimum absolute atomic E-state index is 0.0105. The van der Waals surface area contributed by atoms with E-state index in [0.717, 1.165) is 12.8 Å². The fourth-order valence-corrected chi connectivity index (χ4v) is 3.27. The Labute approximate surface area is 120 Å². The average molecular weight is 295 g/mol. The van der Waals surface area contributed by atoms with Crippen LogP contribution in [0.1, 0.15) is 39.2 Å². The lowest BCUT2D eigenvalue weighted by Gasteiger charge is -2.14. The molecule has 0 radical (unpaired) electrons. The molecule has 1 amide bonds. The zero-order chi connectivity index (χ0) is 15.1. The van der Waals surface area contributed by atoms with Crippen LogP contribution < -0.4 is 5.32 Å². The van der Waals surface area contributed by atoms with Gasteiger partial charge in [-0.15, -0.1) is 0 Å². The molecule has 110 valence electrons. The fraction of sp³-hybridized carbons (Fsp3) is 0.533. The van der Waals surface area contributed by atoms with Crippen molar-refractivity contribution in [3.05, 3.63) is 23.8 Å². The number of hydrogen-bond donors (Lipinski definition) is 1. The zero-order valence-corrected chi connectivity index (χ0v) is 13.2. The molecule has 0 unspecified atom stereocenters. The third kappa shape index (κ3) is 2.73. The van der Waals surface area contributed by atoms with Crippen LogP contribution in [0.4, 0.5) is 5.69 Å². The highest BCUT2D eigenvalue weighted by molar-refractivity contribution is 7.92. The Hall–Kier alpha value is -1.36. The van der Waals surface area contributed by atoms with E-state index in [0.29, 0.717) is 16.1 Å². The van der Waals surface area contributed by atoms with Crippen molar-refractivity contribution in [3.63, 3.8) is 0 Å². The molecule has 0 bridgehead atoms. The summed E-state index contributed by atoms with van der Waals surface area (Å²) in [6.07, 6.45) is 1.83. The molecular weight excluding hydrogens is 274 g/mol. The van der Waals surface area contributed by atoms with Gasteiger partial charge in [0.2, 0.25) is 5.91 Å². The Bertz CT molecular complexity index is 643. The third-order valence-corrected chi connectivity index (χ3v) is 6.22. The number of nitrogens with one attached hydrogen (secondary N) is 1. The molecule has 20 heavy (non-hydrogen) atoms. The number of rotatable bonds is 4. The molecule has 0 aromatic heterocycles. The monoisotopic (exact) mass is 295 g/mol. The van der Waals surface area contributed by atoms with Crippen LogP contribution in [0.25, 0.3) is 0 Å². The van der Waals surface area contributed by atoms with E-state index < -0.39 is 15.1 Å². The molecule has 1 aliphatic carbocycles. The van der Waals surface area contributed by atoms with Crippen molar-refractivity contribution in [2.24, 2.45) is 5.41 Å². The highest BCUT2D eigenvalue weighted by Crippen LogP contribution is 2.45. The number of anilines is 1. The van der Waals surface area contributed by atoms with Crippen LogP contribution in [0.2, 0.25) is 0 Å². The molecule has 5 heteroatoms. The summed E-state index contributed by atoms with van der Waals surface area (Å²) in [4.78, 5) is 12.3. The molecule has 1 aromatic rings. The van der Waals surface area contributed by atoms with Gasteiger partial charge in [0.1, 0.15) is 0 Å². The first kappa shape index (κ1) is 15.0. The molecule has 4 nitrogen and oxygen atoms in total. The predicted octanol–water partition coefficient (Wildman–Crippen LogP) is 2.92. The fourth-order valence-electron chi connectivity index (χ4n) is 2.00. The third-order valence-electron chi connectivity index (χ3n) is 3.91. The molecule has 2 rings (SSSR count). The van der Waals surface area contributed by atoms with Crippen LogP contribution in [0, 0.1) is 12.3 Å². The summed E-state index contributed by atoms with van der Waals surface area (Å²) in [5.74, 6) is 0.0105. The molecular formula is C15H21NO3S. The van der Waals surface area contributed by atoms with Gasteiger partial charge < -0.3 is 5.32 Å². The van der Waals surface area contributed by atoms with Crippen molar-refractivity contribution in [1.29, 1.82) is 0 Å². The van der Waals surface area contributed by atoms with E-state index in [2.05, 4.69) is 5.32 Å². The Balaban J connectivity index is 2.24. The maximum atomic E-state index is 12.2. The zero-order valence-electron chi connectivity index (χ0n) is 12.4. The highest BCUT2D eigenvalue weighted by Gasteiger charge is 2.44. The molecule has 0 heterocycles. The minimum atomic E-state index is -3.28. The quantitative estimate of drug-likeness (QED) is 0.929. The summed E-state index contributed by atoms with van der Waals surface area (Å²) < 4.78 is 24.3. The second-order valence-corrected chi connectivity index (χ2v) is 8.56. The average Bonchev–Trinajstić information content (AvgIpc) is 3.08. The van der Waals surface area contributed by atoms with E-state index in [9.17, 15) is 13.2 Å². The lowest BCUT2D eigenvalue weighted by atomic mass is 10.1. The van der Waals surface area contributed by atoms with Crippen LogP contribution in [-0.2, 0) is 14.6 Å². The van der Waals surface area contributed by atoms with Crippen LogP contribution in [0.5, 0.6) is 0 Å². The molecule has 0 spiro atoms. The first-order valence-corrected chi connectivity index (χ1v) is 8.37. The van der Waals surface area contributed by atoms with E-state index in [-0.39, 0.29) is 11.3 Å². The first-order chi connectivity index (χ1) is 9.17. The van der Waals surface area contributed by atoms with Crippen molar-refractivity contribution in [3.8, 4) is 0 Å². The molecule has 1 aliphatic rings. The van der Waals surface area contributed by atoms with Crippen molar-refractivity contribution >= 4 is 21.4 Å². The normalized spacial score (nSPS) is 17.1. The van der Waals surface area contributed by atoms with Gasteiger partial charge in [0.05, 0.1) is 10.1 Å². The van der Waals surface area contributed by atoms with Crippen molar-refractivity contribution in [2.45, 2.75) is 50.7 Å². The SMILES string of the molecule is Cc1cc(NC(=O)C2(C)CC2)ccc1S(=O)(=O)C(C)C. The van der Waals surface area contributed by atoms with Crippen LogP contribution in [-0.4, -0.2) is 19.6 Å². The number of aryl methyl sites for hydroxylation is 1. The van der Waals surface area contributed by atoms with E-state index in [1.54, 1.807) is 39.0 Å². The van der Waals surface area contributed by atoms with Gasteiger partial charge in [-0.1, -0.05) is 6.92 Å². The van der Waals surface area contributed by atoms with Crippen molar-refractivity contribution < 1.29 is 13.2 Å². The van der Waals surface area contributed by atoms with Gasteiger partial charge in [0, 0.05) is 11.1 Å². The summed E-state index contributed by atoms with van der Waals surface area (Å²) in [6.45, 7) is 7.02. The molecule has 0 atom stereocenters. The number of benzene rings is 1.